The van der Waals surface area contributed by atoms with Gasteiger partial charge in [0.05, 0.1) is 19.4 Å². The molecule has 2 amide bonds. The number of halogens is 3. The molecule has 11 heteroatoms. The molecule has 4 rings (SSSR count). The zero-order valence-electron chi connectivity index (χ0n) is 24.1. The maximum absolute atomic E-state index is 14.9. The number of methoxy groups -OCH3 is 1. The number of alkyl carbamates (subject to hydrolysis) is 1. The molecular weight excluding hydrogens is 659 g/mol. The average molecular weight is 690 g/mol. The lowest BCUT2D eigenvalue weighted by atomic mass is 9.70. The predicted molar refractivity (Wildman–Crippen MR) is 169 cm³/mol. The van der Waals surface area contributed by atoms with Gasteiger partial charge in [0, 0.05) is 26.6 Å². The van der Waals surface area contributed by atoms with Gasteiger partial charge >= 0.3 is 12.1 Å². The number of nitrogens with zero attached hydrogens (tertiary/aromatic N) is 1. The molecule has 1 aliphatic heterocycles. The first kappa shape index (κ1) is 32.5. The molecule has 0 spiro atoms. The highest BCUT2D eigenvalue weighted by molar-refractivity contribution is 9.10. The molecule has 43 heavy (non-hydrogen) atoms. The van der Waals surface area contributed by atoms with Gasteiger partial charge in [0.2, 0.25) is 5.60 Å². The third kappa shape index (κ3) is 6.17. The zero-order chi connectivity index (χ0) is 31.6. The van der Waals surface area contributed by atoms with Crippen molar-refractivity contribution in [1.82, 2.24) is 5.32 Å². The number of hydrogen-bond acceptors (Lipinski definition) is 6. The van der Waals surface area contributed by atoms with E-state index in [1.807, 2.05) is 0 Å². The summed E-state index contributed by atoms with van der Waals surface area (Å²) in [6.07, 6.45) is 0.591. The minimum Gasteiger partial charge on any atom is -0.467 e. The summed E-state index contributed by atoms with van der Waals surface area (Å²) in [5, 5.41) is 3.68. The number of amides is 2. The van der Waals surface area contributed by atoms with Crippen molar-refractivity contribution in [2.45, 2.75) is 44.1 Å². The molecule has 226 valence electrons. The van der Waals surface area contributed by atoms with Crippen molar-refractivity contribution in [3.63, 3.8) is 0 Å². The summed E-state index contributed by atoms with van der Waals surface area (Å²) in [7, 11) is 1.18. The Hall–Kier alpha value is -3.37. The number of anilines is 1. The lowest BCUT2D eigenvalue weighted by Gasteiger charge is -2.45. The van der Waals surface area contributed by atoms with E-state index in [2.05, 4.69) is 27.8 Å². The van der Waals surface area contributed by atoms with Crippen LogP contribution in [0.1, 0.15) is 37.5 Å². The van der Waals surface area contributed by atoms with Crippen LogP contribution in [0.3, 0.4) is 0 Å². The first-order valence-electron chi connectivity index (χ1n) is 13.3. The second-order valence-electron chi connectivity index (χ2n) is 10.8. The van der Waals surface area contributed by atoms with E-state index in [0.717, 1.165) is 0 Å². The van der Waals surface area contributed by atoms with Crippen molar-refractivity contribution in [1.29, 1.82) is 0 Å². The summed E-state index contributed by atoms with van der Waals surface area (Å²) < 4.78 is 18.3. The van der Waals surface area contributed by atoms with E-state index >= 15 is 0 Å². The normalized spacial score (nSPS) is 17.6. The number of fused-ring (bicyclic) bond motifs is 1. The van der Waals surface area contributed by atoms with Gasteiger partial charge in [-0.2, -0.15) is 0 Å². The average Bonchev–Trinajstić information content (AvgIpc) is 3.17. The highest BCUT2D eigenvalue weighted by atomic mass is 79.9. The Balaban J connectivity index is 2.11. The second kappa shape index (κ2) is 12.7. The van der Waals surface area contributed by atoms with E-state index in [0.29, 0.717) is 25.8 Å². The summed E-state index contributed by atoms with van der Waals surface area (Å²) >= 11 is 15.9. The van der Waals surface area contributed by atoms with Crippen LogP contribution in [0.25, 0.3) is 0 Å². The van der Waals surface area contributed by atoms with Crippen molar-refractivity contribution < 1.29 is 28.6 Å². The van der Waals surface area contributed by atoms with E-state index in [9.17, 15) is 14.4 Å². The van der Waals surface area contributed by atoms with Gasteiger partial charge in [-0.1, -0.05) is 69.5 Å². The van der Waals surface area contributed by atoms with E-state index in [-0.39, 0.29) is 24.3 Å². The van der Waals surface area contributed by atoms with Crippen LogP contribution < -0.4 is 10.2 Å². The van der Waals surface area contributed by atoms with Crippen LogP contribution in [0.4, 0.5) is 10.5 Å². The van der Waals surface area contributed by atoms with Gasteiger partial charge in [0.1, 0.15) is 5.60 Å². The van der Waals surface area contributed by atoms with Crippen LogP contribution in [-0.2, 0) is 41.5 Å². The Morgan fingerprint density at radius 3 is 2.19 bits per heavy atom. The molecule has 1 aliphatic rings. The minimum atomic E-state index is -2.30. The van der Waals surface area contributed by atoms with Crippen molar-refractivity contribution >= 4 is 62.8 Å². The summed E-state index contributed by atoms with van der Waals surface area (Å²) in [4.78, 5) is 44.4. The lowest BCUT2D eigenvalue weighted by Crippen LogP contribution is -2.69. The van der Waals surface area contributed by atoms with Crippen LogP contribution >= 0.6 is 39.1 Å². The monoisotopic (exact) mass is 688 g/mol. The lowest BCUT2D eigenvalue weighted by molar-refractivity contribution is -0.192. The maximum atomic E-state index is 14.9. The molecule has 0 aliphatic carbocycles. The molecule has 2 atom stereocenters. The standard InChI is InChI=1S/C32H31BrCl2N2O6/c1-6-17-37-26-16-11-22(33)18-25(26)31(27(37)38,36-29(40)43-30(2,3)4)32(28(39)41-5,21-9-14-24(35)15-10-21)42-19-20-7-12-23(34)13-8-20/h6-16,18H,1,17,19H2,2-5H3,(H,36,40)/t31-,32+/m1/s1. The van der Waals surface area contributed by atoms with Gasteiger partial charge in [0.15, 0.2) is 5.54 Å². The van der Waals surface area contributed by atoms with Gasteiger partial charge in [-0.3, -0.25) is 10.1 Å². The molecule has 3 aromatic carbocycles. The molecule has 0 bridgehead atoms. The molecular formula is C32H31BrCl2N2O6. The highest BCUT2D eigenvalue weighted by Gasteiger charge is 2.71. The smallest absolute Gasteiger partial charge is 0.408 e. The number of rotatable bonds is 9. The quantitative estimate of drug-likeness (QED) is 0.187. The molecule has 0 radical (unpaired) electrons. The molecule has 1 heterocycles. The third-order valence-corrected chi connectivity index (χ3v) is 7.84. The number of ether oxygens (including phenoxy) is 3. The number of carbonyl (C=O) groups excluding carboxylic acids is 3. The van der Waals surface area contributed by atoms with Gasteiger partial charge in [-0.05, 0) is 74.4 Å². The third-order valence-electron chi connectivity index (χ3n) is 6.84. The molecule has 0 saturated carbocycles. The molecule has 1 N–H and O–H groups in total. The van der Waals surface area contributed by atoms with Crippen LogP contribution in [0.2, 0.25) is 10.0 Å². The van der Waals surface area contributed by atoms with Crippen LogP contribution in [0.5, 0.6) is 0 Å². The molecule has 3 aromatic rings. The fourth-order valence-corrected chi connectivity index (χ4v) is 5.74. The Kier molecular flexibility index (Phi) is 9.61. The van der Waals surface area contributed by atoms with Crippen molar-refractivity contribution in [3.05, 3.63) is 111 Å². The molecule has 0 saturated heterocycles. The summed E-state index contributed by atoms with van der Waals surface area (Å²) in [5.74, 6) is -1.61. The number of esters is 1. The van der Waals surface area contributed by atoms with Gasteiger partial charge in [-0.25, -0.2) is 9.59 Å². The van der Waals surface area contributed by atoms with Crippen molar-refractivity contribution in [2.75, 3.05) is 18.6 Å². The van der Waals surface area contributed by atoms with Gasteiger partial charge in [-0.15, -0.1) is 6.58 Å². The van der Waals surface area contributed by atoms with E-state index in [1.165, 1.54) is 12.0 Å². The summed E-state index contributed by atoms with van der Waals surface area (Å²) in [5.41, 5.74) is -3.92. The Morgan fingerprint density at radius 1 is 1.02 bits per heavy atom. The van der Waals surface area contributed by atoms with E-state index in [4.69, 9.17) is 37.4 Å². The van der Waals surface area contributed by atoms with E-state index in [1.54, 1.807) is 93.6 Å². The fraction of sp³-hybridized carbons (Fsp3) is 0.281. The number of carbonyl (C=O) groups is 3. The largest absolute Gasteiger partial charge is 0.467 e. The minimum absolute atomic E-state index is 0.0697. The fourth-order valence-electron chi connectivity index (χ4n) is 5.13. The Morgan fingerprint density at radius 2 is 1.63 bits per heavy atom. The molecule has 0 aromatic heterocycles. The first-order chi connectivity index (χ1) is 20.3. The maximum Gasteiger partial charge on any atom is 0.408 e. The summed E-state index contributed by atoms with van der Waals surface area (Å²) in [6.45, 7) is 8.77. The first-order valence-corrected chi connectivity index (χ1v) is 14.8. The molecule has 0 unspecified atom stereocenters. The predicted octanol–water partition coefficient (Wildman–Crippen LogP) is 7.29. The van der Waals surface area contributed by atoms with Crippen molar-refractivity contribution in [2.24, 2.45) is 0 Å². The Labute approximate surface area is 269 Å². The zero-order valence-corrected chi connectivity index (χ0v) is 27.2. The highest BCUT2D eigenvalue weighted by Crippen LogP contribution is 2.54. The number of benzene rings is 3. The van der Waals surface area contributed by atoms with E-state index < -0.39 is 34.7 Å². The van der Waals surface area contributed by atoms with Crippen molar-refractivity contribution in [3.8, 4) is 0 Å². The number of hydrogen-bond donors (Lipinski definition) is 1. The SMILES string of the molecule is C=CCN1C(=O)[C@@](NC(=O)OC(C)(C)C)([C@@](OCc2ccc(Cl)cc2)(C(=O)OC)c2ccc(Cl)cc2)c2cc(Br)ccc21. The number of nitrogens with one attached hydrogen (secondary N) is 1. The Bertz CT molecular complexity index is 1540. The van der Waals surface area contributed by atoms with Crippen LogP contribution in [-0.4, -0.2) is 37.2 Å². The second-order valence-corrected chi connectivity index (χ2v) is 12.6. The van der Waals surface area contributed by atoms with Crippen LogP contribution in [0.15, 0.2) is 83.9 Å². The summed E-state index contributed by atoms with van der Waals surface area (Å²) in [6, 6.07) is 18.2. The molecule has 8 nitrogen and oxygen atoms in total. The van der Waals surface area contributed by atoms with Crippen LogP contribution in [0, 0.1) is 0 Å². The molecule has 0 fully saturated rings. The topological polar surface area (TPSA) is 94.2 Å². The van der Waals surface area contributed by atoms with Gasteiger partial charge in [0.25, 0.3) is 5.91 Å². The van der Waals surface area contributed by atoms with Gasteiger partial charge < -0.3 is 19.1 Å².